The zero-order valence-electron chi connectivity index (χ0n) is 7.04. The van der Waals surface area contributed by atoms with Gasteiger partial charge in [-0.3, -0.25) is 9.79 Å². The molecular formula is C8H11ClN2O. The molecule has 66 valence electrons. The second kappa shape index (κ2) is 5.55. The topological polar surface area (TPSA) is 55.4 Å². The molecule has 0 spiro atoms. The lowest BCUT2D eigenvalue weighted by atomic mass is 10.3. The lowest BCUT2D eigenvalue weighted by Crippen LogP contribution is -2.21. The molecule has 0 aromatic heterocycles. The second-order valence-electron chi connectivity index (χ2n) is 2.00. The molecule has 1 amide bonds. The van der Waals surface area contributed by atoms with Crippen LogP contribution in [-0.4, -0.2) is 18.7 Å². The summed E-state index contributed by atoms with van der Waals surface area (Å²) in [5.74, 6) is -0.583. The molecule has 0 aliphatic heterocycles. The van der Waals surface area contributed by atoms with Crippen molar-refractivity contribution in [3.05, 3.63) is 23.3 Å². The normalized spacial score (nSPS) is 13.9. The average Bonchev–Trinajstić information content (AvgIpc) is 2.00. The Morgan fingerprint density at radius 1 is 1.58 bits per heavy atom. The van der Waals surface area contributed by atoms with Crippen LogP contribution < -0.4 is 5.73 Å². The Morgan fingerprint density at radius 3 is 2.50 bits per heavy atom. The molecule has 4 heteroatoms. The molecule has 0 heterocycles. The highest BCUT2D eigenvalue weighted by atomic mass is 35.5. The van der Waals surface area contributed by atoms with Gasteiger partial charge in [-0.2, -0.15) is 0 Å². The maximum atomic E-state index is 10.6. The van der Waals surface area contributed by atoms with Crippen LogP contribution in [0.15, 0.2) is 28.3 Å². The van der Waals surface area contributed by atoms with Gasteiger partial charge >= 0.3 is 0 Å². The van der Waals surface area contributed by atoms with Gasteiger partial charge in [-0.1, -0.05) is 17.7 Å². The van der Waals surface area contributed by atoms with Crippen LogP contribution in [0.3, 0.4) is 0 Å². The number of hydrogen-bond acceptors (Lipinski definition) is 2. The fourth-order valence-corrected chi connectivity index (χ4v) is 0.813. The zero-order valence-corrected chi connectivity index (χ0v) is 7.80. The van der Waals surface area contributed by atoms with Crippen LogP contribution in [0.5, 0.6) is 0 Å². The number of amides is 1. The van der Waals surface area contributed by atoms with E-state index < -0.39 is 5.91 Å². The molecule has 0 atom stereocenters. The Balaban J connectivity index is 4.60. The largest absolute Gasteiger partial charge is 0.364 e. The first-order valence-corrected chi connectivity index (χ1v) is 3.76. The summed E-state index contributed by atoms with van der Waals surface area (Å²) in [6.07, 6.45) is 4.83. The van der Waals surface area contributed by atoms with Crippen molar-refractivity contribution in [2.24, 2.45) is 10.7 Å². The third-order valence-electron chi connectivity index (χ3n) is 1.09. The highest BCUT2D eigenvalue weighted by molar-refractivity contribution is 6.45. The molecule has 0 radical (unpaired) electrons. The molecule has 2 N–H and O–H groups in total. The quantitative estimate of drug-likeness (QED) is 0.523. The van der Waals surface area contributed by atoms with Gasteiger partial charge < -0.3 is 5.73 Å². The van der Waals surface area contributed by atoms with E-state index in [2.05, 4.69) is 4.99 Å². The summed E-state index contributed by atoms with van der Waals surface area (Å²) in [6.45, 7) is 1.82. The van der Waals surface area contributed by atoms with Crippen molar-refractivity contribution in [2.45, 2.75) is 6.92 Å². The number of hydrogen-bond donors (Lipinski definition) is 1. The van der Waals surface area contributed by atoms with Crippen LogP contribution in [0, 0.1) is 0 Å². The number of nitrogens with two attached hydrogens (primary N) is 1. The van der Waals surface area contributed by atoms with Crippen molar-refractivity contribution in [2.75, 3.05) is 7.05 Å². The van der Waals surface area contributed by atoms with E-state index in [0.717, 1.165) is 0 Å². The minimum Gasteiger partial charge on any atom is -0.364 e. The number of halogens is 1. The van der Waals surface area contributed by atoms with Crippen molar-refractivity contribution in [1.82, 2.24) is 0 Å². The lowest BCUT2D eigenvalue weighted by molar-refractivity contribution is -0.111. The van der Waals surface area contributed by atoms with Crippen LogP contribution in [0.4, 0.5) is 0 Å². The molecule has 0 aliphatic carbocycles. The Hall–Kier alpha value is -1.09. The fourth-order valence-electron chi connectivity index (χ4n) is 0.584. The fraction of sp³-hybridized carbons (Fsp3) is 0.250. The van der Waals surface area contributed by atoms with Gasteiger partial charge in [0.1, 0.15) is 5.71 Å². The maximum absolute atomic E-state index is 10.6. The van der Waals surface area contributed by atoms with Crippen LogP contribution in [0.25, 0.3) is 0 Å². The van der Waals surface area contributed by atoms with Crippen LogP contribution in [0.2, 0.25) is 0 Å². The van der Waals surface area contributed by atoms with E-state index in [0.29, 0.717) is 5.03 Å². The molecular weight excluding hydrogens is 176 g/mol. The highest BCUT2D eigenvalue weighted by Crippen LogP contribution is 2.03. The Kier molecular flexibility index (Phi) is 5.04. The Bertz CT molecular complexity index is 254. The second-order valence-corrected chi connectivity index (χ2v) is 2.44. The summed E-state index contributed by atoms with van der Waals surface area (Å²) in [5.41, 5.74) is 5.16. The third-order valence-corrected chi connectivity index (χ3v) is 1.33. The van der Waals surface area contributed by atoms with Crippen LogP contribution in [-0.2, 0) is 4.79 Å². The SMILES string of the molecule is C/C=C\C(Cl)=C/C(=NC)C(N)=O. The van der Waals surface area contributed by atoms with Gasteiger partial charge in [0.2, 0.25) is 0 Å². The number of aliphatic imine (C=N–C) groups is 1. The van der Waals surface area contributed by atoms with E-state index in [9.17, 15) is 4.79 Å². The van der Waals surface area contributed by atoms with Crippen molar-refractivity contribution < 1.29 is 4.79 Å². The highest BCUT2D eigenvalue weighted by Gasteiger charge is 2.01. The molecule has 3 nitrogen and oxygen atoms in total. The number of primary amides is 1. The van der Waals surface area contributed by atoms with Crippen LogP contribution in [0.1, 0.15) is 6.92 Å². The third kappa shape index (κ3) is 3.93. The monoisotopic (exact) mass is 186 g/mol. The van der Waals surface area contributed by atoms with Crippen molar-refractivity contribution in [3.63, 3.8) is 0 Å². The summed E-state index contributed by atoms with van der Waals surface area (Å²) < 4.78 is 0. The van der Waals surface area contributed by atoms with Gasteiger partial charge in [-0.05, 0) is 19.1 Å². The van der Waals surface area contributed by atoms with Crippen LogP contribution >= 0.6 is 11.6 Å². The van der Waals surface area contributed by atoms with Crippen molar-refractivity contribution in [3.8, 4) is 0 Å². The standard InChI is InChI=1S/C8H11ClN2O/c1-3-4-6(9)5-7(11-2)8(10)12/h3-5H,1-2H3,(H2,10,12)/b4-3-,6-5+,11-7?. The minimum atomic E-state index is -0.583. The molecule has 0 saturated heterocycles. The maximum Gasteiger partial charge on any atom is 0.266 e. The molecule has 0 fully saturated rings. The predicted molar refractivity (Wildman–Crippen MR) is 51.3 cm³/mol. The zero-order chi connectivity index (χ0) is 9.56. The number of carbonyl (C=O) groups excluding carboxylic acids is 1. The molecule has 0 bridgehead atoms. The number of rotatable bonds is 3. The van der Waals surface area contributed by atoms with E-state index in [-0.39, 0.29) is 5.71 Å². The Morgan fingerprint density at radius 2 is 2.17 bits per heavy atom. The van der Waals surface area contributed by atoms with Gasteiger partial charge in [0.25, 0.3) is 5.91 Å². The molecule has 0 aromatic rings. The summed E-state index contributed by atoms with van der Waals surface area (Å²) in [4.78, 5) is 14.3. The molecule has 12 heavy (non-hydrogen) atoms. The van der Waals surface area contributed by atoms with E-state index in [4.69, 9.17) is 17.3 Å². The first-order chi connectivity index (χ1) is 5.61. The number of carbonyl (C=O) groups is 1. The number of nitrogens with zero attached hydrogens (tertiary/aromatic N) is 1. The van der Waals surface area contributed by atoms with Gasteiger partial charge in [-0.25, -0.2) is 0 Å². The smallest absolute Gasteiger partial charge is 0.266 e. The van der Waals surface area contributed by atoms with Crippen molar-refractivity contribution in [1.29, 1.82) is 0 Å². The lowest BCUT2D eigenvalue weighted by Gasteiger charge is -1.92. The summed E-state index contributed by atoms with van der Waals surface area (Å²) >= 11 is 5.68. The summed E-state index contributed by atoms with van der Waals surface area (Å²) in [7, 11) is 1.48. The number of allylic oxidation sites excluding steroid dienone is 3. The predicted octanol–water partition coefficient (Wildman–Crippen LogP) is 1.24. The van der Waals surface area contributed by atoms with E-state index in [1.54, 1.807) is 12.2 Å². The van der Waals surface area contributed by atoms with Gasteiger partial charge in [0.15, 0.2) is 0 Å². The van der Waals surface area contributed by atoms with Gasteiger partial charge in [0.05, 0.1) is 0 Å². The molecule has 0 aromatic carbocycles. The summed E-state index contributed by atoms with van der Waals surface area (Å²) in [6, 6.07) is 0. The van der Waals surface area contributed by atoms with E-state index in [1.807, 2.05) is 6.92 Å². The van der Waals surface area contributed by atoms with Gasteiger partial charge in [-0.15, -0.1) is 0 Å². The Labute approximate surface area is 76.6 Å². The molecule has 0 unspecified atom stereocenters. The average molecular weight is 187 g/mol. The van der Waals surface area contributed by atoms with E-state index >= 15 is 0 Å². The molecule has 0 aliphatic rings. The van der Waals surface area contributed by atoms with E-state index in [1.165, 1.54) is 13.1 Å². The molecule has 0 rings (SSSR count). The first-order valence-electron chi connectivity index (χ1n) is 3.38. The molecule has 0 saturated carbocycles. The van der Waals surface area contributed by atoms with Crippen molar-refractivity contribution >= 4 is 23.2 Å². The minimum absolute atomic E-state index is 0.165. The summed E-state index contributed by atoms with van der Waals surface area (Å²) in [5, 5.41) is 0.428. The first kappa shape index (κ1) is 10.9. The van der Waals surface area contributed by atoms with Gasteiger partial charge in [0, 0.05) is 12.1 Å².